The lowest BCUT2D eigenvalue weighted by atomic mass is 10.0. The second-order valence-electron chi connectivity index (χ2n) is 5.51. The van der Waals surface area contributed by atoms with Crippen LogP contribution in [0.1, 0.15) is 23.0 Å². The van der Waals surface area contributed by atoms with Crippen LogP contribution >= 0.6 is 22.7 Å². The first-order valence-electron chi connectivity index (χ1n) is 6.96. The highest BCUT2D eigenvalue weighted by atomic mass is 32.1. The van der Waals surface area contributed by atoms with Gasteiger partial charge in [-0.2, -0.15) is 0 Å². The lowest BCUT2D eigenvalue weighted by Crippen LogP contribution is -2.29. The molecule has 0 aromatic carbocycles. The molecule has 1 aliphatic heterocycles. The van der Waals surface area contributed by atoms with Crippen molar-refractivity contribution in [3.05, 3.63) is 22.5 Å². The Morgan fingerprint density at radius 2 is 2.43 bits per heavy atom. The highest BCUT2D eigenvalue weighted by Crippen LogP contribution is 2.30. The van der Waals surface area contributed by atoms with Gasteiger partial charge in [0.05, 0.1) is 16.5 Å². The molecule has 0 saturated carbocycles. The van der Waals surface area contributed by atoms with Crippen LogP contribution in [0.25, 0.3) is 15.3 Å². The smallest absolute Gasteiger partial charge is 0.264 e. The normalized spacial score (nSPS) is 20.7. The molecule has 5 nitrogen and oxygen atoms in total. The summed E-state index contributed by atoms with van der Waals surface area (Å²) in [4.78, 5) is 21.6. The van der Waals surface area contributed by atoms with E-state index >= 15 is 0 Å². The fourth-order valence-electron chi connectivity index (χ4n) is 2.87. The number of hydrogen-bond donors (Lipinski definition) is 1. The van der Waals surface area contributed by atoms with E-state index in [1.54, 1.807) is 18.3 Å². The van der Waals surface area contributed by atoms with E-state index in [1.807, 2.05) is 26.9 Å². The number of thiazole rings is 1. The number of aliphatic hydroxyl groups excluding tert-OH is 1. The van der Waals surface area contributed by atoms with Crippen LogP contribution in [0.4, 0.5) is 0 Å². The average molecular weight is 321 g/mol. The summed E-state index contributed by atoms with van der Waals surface area (Å²) < 4.78 is 2.02. The lowest BCUT2D eigenvalue weighted by Gasteiger charge is -2.16. The SMILES string of the molecule is CC(O)C1CCN(C(=O)c2cc3c(nc4sccn43)s2)C1. The number of aliphatic hydroxyl groups is 1. The molecule has 21 heavy (non-hydrogen) atoms. The molecule has 1 saturated heterocycles. The van der Waals surface area contributed by atoms with Crippen LogP contribution in [-0.2, 0) is 0 Å². The number of hydrogen-bond acceptors (Lipinski definition) is 5. The number of likely N-dealkylation sites (tertiary alicyclic amines) is 1. The number of carbonyl (C=O) groups is 1. The van der Waals surface area contributed by atoms with Gasteiger partial charge in [0, 0.05) is 30.6 Å². The third kappa shape index (κ3) is 2.07. The Labute approximate surface area is 129 Å². The Bertz CT molecular complexity index is 817. The number of imidazole rings is 1. The van der Waals surface area contributed by atoms with Crippen LogP contribution in [0, 0.1) is 5.92 Å². The first-order valence-corrected chi connectivity index (χ1v) is 8.65. The highest BCUT2D eigenvalue weighted by Gasteiger charge is 2.30. The van der Waals surface area contributed by atoms with Gasteiger partial charge >= 0.3 is 0 Å². The Morgan fingerprint density at radius 3 is 3.19 bits per heavy atom. The summed E-state index contributed by atoms with van der Waals surface area (Å²) in [6, 6.07) is 1.94. The Hall–Kier alpha value is -1.44. The topological polar surface area (TPSA) is 57.8 Å². The molecule has 1 amide bonds. The van der Waals surface area contributed by atoms with Crippen molar-refractivity contribution in [3.8, 4) is 0 Å². The summed E-state index contributed by atoms with van der Waals surface area (Å²) in [6.07, 6.45) is 2.51. The van der Waals surface area contributed by atoms with E-state index in [0.29, 0.717) is 6.54 Å². The van der Waals surface area contributed by atoms with Crippen LogP contribution in [0.15, 0.2) is 17.6 Å². The van der Waals surface area contributed by atoms with Crippen LogP contribution < -0.4 is 0 Å². The molecule has 7 heteroatoms. The molecule has 2 atom stereocenters. The van der Waals surface area contributed by atoms with Crippen LogP contribution in [0.3, 0.4) is 0 Å². The van der Waals surface area contributed by atoms with Crippen molar-refractivity contribution in [3.63, 3.8) is 0 Å². The van der Waals surface area contributed by atoms with Crippen molar-refractivity contribution < 1.29 is 9.90 Å². The number of aromatic nitrogens is 2. The number of nitrogens with zero attached hydrogens (tertiary/aromatic N) is 3. The molecule has 0 aliphatic carbocycles. The second-order valence-corrected chi connectivity index (χ2v) is 7.41. The molecular formula is C14H15N3O2S2. The number of amides is 1. The van der Waals surface area contributed by atoms with Crippen LogP contribution in [-0.4, -0.2) is 44.5 Å². The molecule has 110 valence electrons. The summed E-state index contributed by atoms with van der Waals surface area (Å²) in [5.74, 6) is 0.258. The predicted octanol–water partition coefficient (Wildman–Crippen LogP) is 2.45. The molecule has 0 spiro atoms. The molecule has 0 radical (unpaired) electrons. The standard InChI is InChI=1S/C14H15N3O2S2/c1-8(18)9-2-3-16(7-9)13(19)11-6-10-12(21-11)15-14-17(10)4-5-20-14/h4-6,8-9,18H,2-3,7H2,1H3. The summed E-state index contributed by atoms with van der Waals surface area (Å²) in [7, 11) is 0. The maximum absolute atomic E-state index is 12.6. The zero-order chi connectivity index (χ0) is 14.6. The minimum Gasteiger partial charge on any atom is -0.393 e. The van der Waals surface area contributed by atoms with E-state index in [9.17, 15) is 9.90 Å². The van der Waals surface area contributed by atoms with Gasteiger partial charge in [0.1, 0.15) is 4.83 Å². The zero-order valence-corrected chi connectivity index (χ0v) is 13.2. The quantitative estimate of drug-likeness (QED) is 0.789. The van der Waals surface area contributed by atoms with Gasteiger partial charge in [0.2, 0.25) is 0 Å². The fraction of sp³-hybridized carbons (Fsp3) is 0.429. The second kappa shape index (κ2) is 4.79. The maximum atomic E-state index is 12.6. The van der Waals surface area contributed by atoms with Gasteiger partial charge in [-0.25, -0.2) is 4.98 Å². The minimum absolute atomic E-state index is 0.0603. The zero-order valence-electron chi connectivity index (χ0n) is 11.5. The van der Waals surface area contributed by atoms with Crippen molar-refractivity contribution in [1.82, 2.24) is 14.3 Å². The lowest BCUT2D eigenvalue weighted by molar-refractivity contribution is 0.0767. The Kier molecular flexibility index (Phi) is 3.02. The number of carbonyl (C=O) groups excluding carboxylic acids is 1. The van der Waals surface area contributed by atoms with E-state index in [2.05, 4.69) is 4.98 Å². The molecule has 4 rings (SSSR count). The molecule has 1 N–H and O–H groups in total. The van der Waals surface area contributed by atoms with Gasteiger partial charge in [-0.15, -0.1) is 22.7 Å². The molecule has 1 aliphatic rings. The maximum Gasteiger partial charge on any atom is 0.264 e. The highest BCUT2D eigenvalue weighted by molar-refractivity contribution is 7.21. The minimum atomic E-state index is -0.352. The Balaban J connectivity index is 1.63. The molecule has 4 heterocycles. The molecule has 2 unspecified atom stereocenters. The predicted molar refractivity (Wildman–Crippen MR) is 84.1 cm³/mol. The first-order chi connectivity index (χ1) is 10.1. The van der Waals surface area contributed by atoms with Gasteiger partial charge in [-0.05, 0) is 19.4 Å². The summed E-state index contributed by atoms with van der Waals surface area (Å²) in [5, 5.41) is 11.6. The van der Waals surface area contributed by atoms with E-state index in [4.69, 9.17) is 0 Å². The van der Waals surface area contributed by atoms with E-state index < -0.39 is 0 Å². The largest absolute Gasteiger partial charge is 0.393 e. The molecule has 1 fully saturated rings. The summed E-state index contributed by atoms with van der Waals surface area (Å²) in [6.45, 7) is 3.17. The van der Waals surface area contributed by atoms with Gasteiger partial charge < -0.3 is 10.0 Å². The third-order valence-electron chi connectivity index (χ3n) is 4.14. The first kappa shape index (κ1) is 13.2. The molecule has 3 aromatic rings. The van der Waals surface area contributed by atoms with Crippen LogP contribution in [0.5, 0.6) is 0 Å². The van der Waals surface area contributed by atoms with E-state index in [-0.39, 0.29) is 17.9 Å². The number of rotatable bonds is 2. The average Bonchev–Trinajstić information content (AvgIpc) is 3.18. The van der Waals surface area contributed by atoms with E-state index in [0.717, 1.165) is 33.2 Å². The van der Waals surface area contributed by atoms with Crippen molar-refractivity contribution in [2.24, 2.45) is 5.92 Å². The summed E-state index contributed by atoms with van der Waals surface area (Å²) in [5.41, 5.74) is 1.01. The Morgan fingerprint density at radius 1 is 1.57 bits per heavy atom. The van der Waals surface area contributed by atoms with Gasteiger partial charge in [0.25, 0.3) is 5.91 Å². The van der Waals surface area contributed by atoms with E-state index in [1.165, 1.54) is 11.3 Å². The van der Waals surface area contributed by atoms with Crippen molar-refractivity contribution in [1.29, 1.82) is 0 Å². The molecular weight excluding hydrogens is 306 g/mol. The number of fused-ring (bicyclic) bond motifs is 3. The van der Waals surface area contributed by atoms with Crippen molar-refractivity contribution in [2.45, 2.75) is 19.4 Å². The third-order valence-corrected chi connectivity index (χ3v) is 5.91. The van der Waals surface area contributed by atoms with Gasteiger partial charge in [-0.1, -0.05) is 0 Å². The van der Waals surface area contributed by atoms with Crippen LogP contribution in [0.2, 0.25) is 0 Å². The number of thiophene rings is 1. The van der Waals surface area contributed by atoms with Crippen molar-refractivity contribution in [2.75, 3.05) is 13.1 Å². The van der Waals surface area contributed by atoms with Gasteiger partial charge in [0.15, 0.2) is 4.96 Å². The van der Waals surface area contributed by atoms with Crippen molar-refractivity contribution >= 4 is 43.9 Å². The monoisotopic (exact) mass is 321 g/mol. The van der Waals surface area contributed by atoms with Gasteiger partial charge in [-0.3, -0.25) is 9.20 Å². The molecule has 3 aromatic heterocycles. The molecule has 0 bridgehead atoms. The fourth-order valence-corrected chi connectivity index (χ4v) is 4.64. The summed E-state index contributed by atoms with van der Waals surface area (Å²) >= 11 is 3.05.